The summed E-state index contributed by atoms with van der Waals surface area (Å²) in [5.74, 6) is 2.57. The Morgan fingerprint density at radius 1 is 1.38 bits per heavy atom. The number of anilines is 1. The Bertz CT molecular complexity index is 798. The van der Waals surface area contributed by atoms with Crippen LogP contribution in [0.1, 0.15) is 18.7 Å². The number of nitrogens with zero attached hydrogens (tertiary/aromatic N) is 7. The van der Waals surface area contributed by atoms with Crippen LogP contribution in [0.5, 0.6) is 0 Å². The summed E-state index contributed by atoms with van der Waals surface area (Å²) in [6, 6.07) is 3.88. The predicted molar refractivity (Wildman–Crippen MR) is 87.2 cm³/mol. The molecule has 4 heterocycles. The summed E-state index contributed by atoms with van der Waals surface area (Å²) in [6.45, 7) is 4.60. The van der Waals surface area contributed by atoms with Gasteiger partial charge in [0.15, 0.2) is 5.82 Å². The molecule has 0 bridgehead atoms. The molecule has 0 N–H and O–H groups in total. The quantitative estimate of drug-likeness (QED) is 0.724. The van der Waals surface area contributed by atoms with Crippen molar-refractivity contribution < 1.29 is 4.52 Å². The van der Waals surface area contributed by atoms with Gasteiger partial charge in [0, 0.05) is 25.8 Å². The number of hydrogen-bond acceptors (Lipinski definition) is 7. The van der Waals surface area contributed by atoms with Crippen molar-refractivity contribution >= 4 is 5.82 Å². The first-order valence-electron chi connectivity index (χ1n) is 8.12. The monoisotopic (exact) mass is 325 g/mol. The van der Waals surface area contributed by atoms with Gasteiger partial charge < -0.3 is 9.42 Å². The first kappa shape index (κ1) is 14.8. The van der Waals surface area contributed by atoms with E-state index in [2.05, 4.69) is 30.1 Å². The number of pyridine rings is 1. The molecule has 0 spiro atoms. The third-order valence-corrected chi connectivity index (χ3v) is 4.28. The largest absolute Gasteiger partial charge is 0.356 e. The molecule has 3 aromatic heterocycles. The first-order chi connectivity index (χ1) is 11.8. The smallest absolute Gasteiger partial charge is 0.261 e. The molecule has 1 aliphatic heterocycles. The lowest BCUT2D eigenvalue weighted by molar-refractivity contribution is 0.350. The number of aryl methyl sites for hydroxylation is 1. The molecule has 24 heavy (non-hydrogen) atoms. The Kier molecular flexibility index (Phi) is 3.94. The van der Waals surface area contributed by atoms with Gasteiger partial charge in [-0.1, -0.05) is 5.16 Å². The number of piperidine rings is 1. The second-order valence-electron chi connectivity index (χ2n) is 6.09. The summed E-state index contributed by atoms with van der Waals surface area (Å²) < 4.78 is 7.24. The summed E-state index contributed by atoms with van der Waals surface area (Å²) in [5.41, 5.74) is 0.888. The number of rotatable bonds is 4. The van der Waals surface area contributed by atoms with Crippen LogP contribution in [0.3, 0.4) is 0 Å². The van der Waals surface area contributed by atoms with Crippen LogP contribution in [-0.4, -0.2) is 43.0 Å². The van der Waals surface area contributed by atoms with E-state index in [4.69, 9.17) is 4.52 Å². The molecular weight excluding hydrogens is 306 g/mol. The fourth-order valence-corrected chi connectivity index (χ4v) is 3.22. The SMILES string of the molecule is Cc1noc(-c2cccnc2N2CCCC(Cn3cncn3)C2)n1. The highest BCUT2D eigenvalue weighted by molar-refractivity contribution is 5.69. The highest BCUT2D eigenvalue weighted by Gasteiger charge is 2.25. The van der Waals surface area contributed by atoms with E-state index in [0.29, 0.717) is 17.6 Å². The highest BCUT2D eigenvalue weighted by atomic mass is 16.5. The minimum Gasteiger partial charge on any atom is -0.356 e. The fourth-order valence-electron chi connectivity index (χ4n) is 3.22. The molecule has 0 saturated carbocycles. The van der Waals surface area contributed by atoms with Gasteiger partial charge in [0.2, 0.25) is 0 Å². The molecule has 1 atom stereocenters. The maximum Gasteiger partial charge on any atom is 0.261 e. The maximum absolute atomic E-state index is 5.34. The average molecular weight is 325 g/mol. The summed E-state index contributed by atoms with van der Waals surface area (Å²) >= 11 is 0. The summed E-state index contributed by atoms with van der Waals surface area (Å²) in [5, 5.41) is 8.11. The minimum atomic E-state index is 0.514. The minimum absolute atomic E-state index is 0.514. The van der Waals surface area contributed by atoms with Crippen LogP contribution in [0.2, 0.25) is 0 Å². The lowest BCUT2D eigenvalue weighted by atomic mass is 9.97. The van der Waals surface area contributed by atoms with Gasteiger partial charge in [-0.15, -0.1) is 0 Å². The van der Waals surface area contributed by atoms with Gasteiger partial charge in [-0.3, -0.25) is 4.68 Å². The molecule has 1 unspecified atom stereocenters. The normalized spacial score (nSPS) is 18.0. The zero-order valence-electron chi connectivity index (χ0n) is 13.5. The molecule has 0 aromatic carbocycles. The van der Waals surface area contributed by atoms with Crippen molar-refractivity contribution in [1.29, 1.82) is 0 Å². The summed E-state index contributed by atoms with van der Waals surface area (Å²) in [6.07, 6.45) is 7.46. The second-order valence-corrected chi connectivity index (χ2v) is 6.09. The van der Waals surface area contributed by atoms with E-state index in [0.717, 1.165) is 37.4 Å². The van der Waals surface area contributed by atoms with Crippen molar-refractivity contribution in [2.75, 3.05) is 18.0 Å². The van der Waals surface area contributed by atoms with Crippen molar-refractivity contribution in [3.63, 3.8) is 0 Å². The van der Waals surface area contributed by atoms with E-state index >= 15 is 0 Å². The first-order valence-corrected chi connectivity index (χ1v) is 8.12. The molecule has 124 valence electrons. The van der Waals surface area contributed by atoms with Gasteiger partial charge in [0.05, 0.1) is 5.56 Å². The zero-order valence-corrected chi connectivity index (χ0v) is 13.5. The third-order valence-electron chi connectivity index (χ3n) is 4.28. The van der Waals surface area contributed by atoms with Crippen LogP contribution in [0, 0.1) is 12.8 Å². The van der Waals surface area contributed by atoms with Gasteiger partial charge in [-0.2, -0.15) is 10.1 Å². The standard InChI is InChI=1S/C16H19N7O/c1-12-20-16(24-21-12)14-5-2-6-18-15(14)22-7-3-4-13(8-22)9-23-11-17-10-19-23/h2,5-6,10-11,13H,3-4,7-9H2,1H3. The Balaban J connectivity index is 1.57. The second kappa shape index (κ2) is 6.38. The lowest BCUT2D eigenvalue weighted by Gasteiger charge is -2.34. The molecule has 8 heteroatoms. The Labute approximate surface area is 139 Å². The van der Waals surface area contributed by atoms with Gasteiger partial charge >= 0.3 is 0 Å². The fraction of sp³-hybridized carbons (Fsp3) is 0.438. The molecule has 8 nitrogen and oxygen atoms in total. The average Bonchev–Trinajstić information content (AvgIpc) is 3.27. The summed E-state index contributed by atoms with van der Waals surface area (Å²) in [4.78, 5) is 15.3. The van der Waals surface area contributed by atoms with E-state index in [-0.39, 0.29) is 0 Å². The molecule has 3 aromatic rings. The third kappa shape index (κ3) is 2.99. The van der Waals surface area contributed by atoms with Gasteiger partial charge in [-0.25, -0.2) is 9.97 Å². The van der Waals surface area contributed by atoms with E-state index in [1.807, 2.05) is 29.9 Å². The van der Waals surface area contributed by atoms with Crippen LogP contribution in [0.15, 0.2) is 35.5 Å². The molecule has 0 amide bonds. The van der Waals surface area contributed by atoms with Crippen LogP contribution < -0.4 is 4.90 Å². The van der Waals surface area contributed by atoms with Crippen LogP contribution in [0.25, 0.3) is 11.5 Å². The van der Waals surface area contributed by atoms with Crippen LogP contribution in [0.4, 0.5) is 5.82 Å². The van der Waals surface area contributed by atoms with Gasteiger partial charge in [0.25, 0.3) is 5.89 Å². The Hall–Kier alpha value is -2.77. The number of hydrogen-bond donors (Lipinski definition) is 0. The van der Waals surface area contributed by atoms with Crippen molar-refractivity contribution in [2.24, 2.45) is 5.92 Å². The van der Waals surface area contributed by atoms with Crippen molar-refractivity contribution in [2.45, 2.75) is 26.3 Å². The molecule has 0 radical (unpaired) electrons. The number of aromatic nitrogens is 6. The Morgan fingerprint density at radius 3 is 3.12 bits per heavy atom. The van der Waals surface area contributed by atoms with Crippen LogP contribution >= 0.6 is 0 Å². The van der Waals surface area contributed by atoms with Crippen molar-refractivity contribution in [3.05, 3.63) is 36.8 Å². The molecule has 1 fully saturated rings. The zero-order chi connectivity index (χ0) is 16.4. The molecular formula is C16H19N7O. The summed E-state index contributed by atoms with van der Waals surface area (Å²) in [7, 11) is 0. The topological polar surface area (TPSA) is 85.8 Å². The molecule has 0 aliphatic carbocycles. The highest BCUT2D eigenvalue weighted by Crippen LogP contribution is 2.30. The molecule has 1 saturated heterocycles. The van der Waals surface area contributed by atoms with E-state index in [1.165, 1.54) is 6.42 Å². The Morgan fingerprint density at radius 2 is 2.33 bits per heavy atom. The molecule has 4 rings (SSSR count). The van der Waals surface area contributed by atoms with Crippen molar-refractivity contribution in [1.82, 2.24) is 29.9 Å². The lowest BCUT2D eigenvalue weighted by Crippen LogP contribution is -2.38. The predicted octanol–water partition coefficient (Wildman–Crippen LogP) is 1.95. The molecule has 1 aliphatic rings. The maximum atomic E-state index is 5.34. The van der Waals surface area contributed by atoms with Gasteiger partial charge in [0.1, 0.15) is 18.5 Å². The van der Waals surface area contributed by atoms with Gasteiger partial charge in [-0.05, 0) is 37.8 Å². The van der Waals surface area contributed by atoms with Crippen molar-refractivity contribution in [3.8, 4) is 11.5 Å². The van der Waals surface area contributed by atoms with E-state index in [1.54, 1.807) is 12.7 Å². The van der Waals surface area contributed by atoms with E-state index in [9.17, 15) is 0 Å². The van der Waals surface area contributed by atoms with E-state index < -0.39 is 0 Å². The van der Waals surface area contributed by atoms with Crippen LogP contribution in [-0.2, 0) is 6.54 Å².